The maximum absolute atomic E-state index is 13.1. The van der Waals surface area contributed by atoms with Crippen molar-refractivity contribution in [2.75, 3.05) is 23.3 Å². The lowest BCUT2D eigenvalue weighted by atomic mass is 10.1. The van der Waals surface area contributed by atoms with E-state index in [2.05, 4.69) is 15.3 Å². The van der Waals surface area contributed by atoms with E-state index in [1.165, 1.54) is 25.1 Å². The van der Waals surface area contributed by atoms with E-state index in [0.717, 1.165) is 54.0 Å². The molecule has 0 saturated carbocycles. The summed E-state index contributed by atoms with van der Waals surface area (Å²) in [5, 5.41) is 6.79. The summed E-state index contributed by atoms with van der Waals surface area (Å²) in [4.78, 5) is 27.6. The van der Waals surface area contributed by atoms with Crippen LogP contribution in [0.25, 0.3) is 5.69 Å². The molecule has 9 heteroatoms. The van der Waals surface area contributed by atoms with Crippen LogP contribution in [0, 0.1) is 13.8 Å². The Balaban J connectivity index is 1.63. The molecule has 33 heavy (non-hydrogen) atoms. The molecule has 6 nitrogen and oxygen atoms in total. The molecule has 0 aliphatic carbocycles. The van der Waals surface area contributed by atoms with E-state index >= 15 is 0 Å². The predicted molar refractivity (Wildman–Crippen MR) is 120 cm³/mol. The van der Waals surface area contributed by atoms with Crippen LogP contribution < -0.4 is 15.6 Å². The first-order valence-electron chi connectivity index (χ1n) is 10.6. The summed E-state index contributed by atoms with van der Waals surface area (Å²) in [6.45, 7) is 5.39. The van der Waals surface area contributed by atoms with Crippen LogP contribution >= 0.6 is 0 Å². The summed E-state index contributed by atoms with van der Waals surface area (Å²) in [6.07, 6.45) is -2.23. The molecule has 1 aromatic heterocycles. The third-order valence-electron chi connectivity index (χ3n) is 5.67. The van der Waals surface area contributed by atoms with Crippen molar-refractivity contribution in [2.45, 2.75) is 32.9 Å². The lowest BCUT2D eigenvalue weighted by Gasteiger charge is -2.19. The van der Waals surface area contributed by atoms with Crippen LogP contribution in [-0.4, -0.2) is 28.8 Å². The number of hydrogen-bond acceptors (Lipinski definition) is 4. The number of halogens is 3. The second-order valence-electron chi connectivity index (χ2n) is 8.11. The molecule has 0 bridgehead atoms. The van der Waals surface area contributed by atoms with E-state index in [-0.39, 0.29) is 5.69 Å². The summed E-state index contributed by atoms with van der Waals surface area (Å²) in [5.74, 6) is -0.724. The van der Waals surface area contributed by atoms with E-state index in [1.807, 2.05) is 19.1 Å². The molecular formula is C24H23F3N4O2. The van der Waals surface area contributed by atoms with Crippen LogP contribution in [0.2, 0.25) is 0 Å². The van der Waals surface area contributed by atoms with Gasteiger partial charge in [-0.3, -0.25) is 9.59 Å². The van der Waals surface area contributed by atoms with Crippen LogP contribution in [0.5, 0.6) is 0 Å². The zero-order chi connectivity index (χ0) is 23.8. The minimum absolute atomic E-state index is 0.0996. The van der Waals surface area contributed by atoms with Crippen LogP contribution in [-0.2, 0) is 6.18 Å². The molecular weight excluding hydrogens is 433 g/mol. The van der Waals surface area contributed by atoms with Crippen LogP contribution in [0.15, 0.2) is 53.3 Å². The van der Waals surface area contributed by atoms with Gasteiger partial charge in [0.25, 0.3) is 5.91 Å². The lowest BCUT2D eigenvalue weighted by molar-refractivity contribution is -0.137. The van der Waals surface area contributed by atoms with Crippen molar-refractivity contribution in [1.29, 1.82) is 0 Å². The highest BCUT2D eigenvalue weighted by molar-refractivity contribution is 6.03. The quantitative estimate of drug-likeness (QED) is 0.617. The van der Waals surface area contributed by atoms with Gasteiger partial charge in [0.2, 0.25) is 5.43 Å². The smallest absolute Gasteiger partial charge is 0.372 e. The number of alkyl halides is 3. The first-order chi connectivity index (χ1) is 15.6. The number of benzene rings is 2. The standard InChI is InChI=1S/C24H23F3N4O2/c1-15-12-18(30-10-3-4-11-30)8-9-20(15)28-23(33)22-21(32)13-16(2)31(29-22)19-7-5-6-17(14-19)24(25,26)27/h5-9,12-14H,3-4,10-11H2,1-2H3,(H,28,33). The lowest BCUT2D eigenvalue weighted by Crippen LogP contribution is -2.27. The Bertz CT molecular complexity index is 1260. The van der Waals surface area contributed by atoms with E-state index < -0.39 is 28.8 Å². The average molecular weight is 456 g/mol. The van der Waals surface area contributed by atoms with Gasteiger partial charge in [0, 0.05) is 36.2 Å². The molecule has 0 spiro atoms. The second kappa shape index (κ2) is 8.73. The van der Waals surface area contributed by atoms with Crippen LogP contribution in [0.1, 0.15) is 40.2 Å². The van der Waals surface area contributed by atoms with Crippen molar-refractivity contribution in [2.24, 2.45) is 0 Å². The Morgan fingerprint density at radius 2 is 1.73 bits per heavy atom. The largest absolute Gasteiger partial charge is 0.416 e. The van der Waals surface area contributed by atoms with Gasteiger partial charge in [-0.2, -0.15) is 18.3 Å². The maximum Gasteiger partial charge on any atom is 0.416 e. The molecule has 0 atom stereocenters. The number of carbonyl (C=O) groups excluding carboxylic acids is 1. The van der Waals surface area contributed by atoms with Crippen molar-refractivity contribution in [3.8, 4) is 5.69 Å². The van der Waals surface area contributed by atoms with Gasteiger partial charge in [-0.15, -0.1) is 0 Å². The van der Waals surface area contributed by atoms with Crippen molar-refractivity contribution in [1.82, 2.24) is 9.78 Å². The van der Waals surface area contributed by atoms with Crippen LogP contribution in [0.3, 0.4) is 0 Å². The first kappa shape index (κ1) is 22.6. The van der Waals surface area contributed by atoms with Gasteiger partial charge in [-0.1, -0.05) is 6.07 Å². The SMILES string of the molecule is Cc1cc(N2CCCC2)ccc1NC(=O)c1nn(-c2cccc(C(F)(F)F)c2)c(C)cc1=O. The Kier molecular flexibility index (Phi) is 5.97. The number of rotatable bonds is 4. The van der Waals surface area contributed by atoms with Gasteiger partial charge in [0.15, 0.2) is 5.69 Å². The van der Waals surface area contributed by atoms with Crippen molar-refractivity contribution in [3.05, 3.63) is 81.3 Å². The summed E-state index contributed by atoms with van der Waals surface area (Å²) < 4.78 is 40.5. The number of aromatic nitrogens is 2. The van der Waals surface area contributed by atoms with Crippen molar-refractivity contribution in [3.63, 3.8) is 0 Å². The normalized spacial score (nSPS) is 13.9. The van der Waals surface area contributed by atoms with E-state index in [4.69, 9.17) is 0 Å². The van der Waals surface area contributed by atoms with Crippen LogP contribution in [0.4, 0.5) is 24.5 Å². The molecule has 1 amide bonds. The first-order valence-corrected chi connectivity index (χ1v) is 10.6. The molecule has 1 N–H and O–H groups in total. The number of amides is 1. The number of aryl methyl sites for hydroxylation is 2. The van der Waals surface area contributed by atoms with E-state index in [0.29, 0.717) is 11.4 Å². The highest BCUT2D eigenvalue weighted by atomic mass is 19.4. The number of nitrogens with one attached hydrogen (secondary N) is 1. The Hall–Kier alpha value is -3.62. The molecule has 2 heterocycles. The molecule has 1 fully saturated rings. The fourth-order valence-electron chi connectivity index (χ4n) is 3.92. The Labute approximate surface area is 188 Å². The summed E-state index contributed by atoms with van der Waals surface area (Å²) in [5.41, 5.74) is 0.988. The Morgan fingerprint density at radius 1 is 1.00 bits per heavy atom. The predicted octanol–water partition coefficient (Wildman–Crippen LogP) is 4.72. The van der Waals surface area contributed by atoms with E-state index in [9.17, 15) is 22.8 Å². The highest BCUT2D eigenvalue weighted by Crippen LogP contribution is 2.30. The molecule has 0 unspecified atom stereocenters. The topological polar surface area (TPSA) is 67.2 Å². The third kappa shape index (κ3) is 4.76. The van der Waals surface area contributed by atoms with Gasteiger partial charge in [-0.25, -0.2) is 4.68 Å². The third-order valence-corrected chi connectivity index (χ3v) is 5.67. The van der Waals surface area contributed by atoms with Gasteiger partial charge in [-0.05, 0) is 68.7 Å². The summed E-state index contributed by atoms with van der Waals surface area (Å²) >= 11 is 0. The van der Waals surface area contributed by atoms with Gasteiger partial charge in [0.05, 0.1) is 11.3 Å². The summed E-state index contributed by atoms with van der Waals surface area (Å²) in [7, 11) is 0. The van der Waals surface area contributed by atoms with Crippen molar-refractivity contribution < 1.29 is 18.0 Å². The van der Waals surface area contributed by atoms with Gasteiger partial charge < -0.3 is 10.2 Å². The average Bonchev–Trinajstić information content (AvgIpc) is 3.29. The number of anilines is 2. The van der Waals surface area contributed by atoms with Gasteiger partial charge >= 0.3 is 6.18 Å². The highest BCUT2D eigenvalue weighted by Gasteiger charge is 2.30. The van der Waals surface area contributed by atoms with E-state index in [1.54, 1.807) is 6.07 Å². The monoisotopic (exact) mass is 456 g/mol. The molecule has 3 aromatic rings. The Morgan fingerprint density at radius 3 is 2.39 bits per heavy atom. The zero-order valence-electron chi connectivity index (χ0n) is 18.2. The zero-order valence-corrected chi connectivity index (χ0v) is 18.2. The molecule has 1 aliphatic rings. The number of nitrogens with zero attached hydrogens (tertiary/aromatic N) is 3. The summed E-state index contributed by atoms with van der Waals surface area (Å²) in [6, 6.07) is 11.4. The maximum atomic E-state index is 13.1. The fourth-order valence-corrected chi connectivity index (χ4v) is 3.92. The minimum Gasteiger partial charge on any atom is -0.372 e. The fraction of sp³-hybridized carbons (Fsp3) is 0.292. The van der Waals surface area contributed by atoms with Gasteiger partial charge in [0.1, 0.15) is 0 Å². The van der Waals surface area contributed by atoms with Crippen molar-refractivity contribution >= 4 is 17.3 Å². The second-order valence-corrected chi connectivity index (χ2v) is 8.11. The number of carbonyl (C=O) groups is 1. The minimum atomic E-state index is -4.53. The molecule has 1 saturated heterocycles. The molecule has 2 aromatic carbocycles. The number of hydrogen-bond donors (Lipinski definition) is 1. The molecule has 172 valence electrons. The molecule has 4 rings (SSSR count). The molecule has 0 radical (unpaired) electrons. The molecule has 1 aliphatic heterocycles.